The van der Waals surface area contributed by atoms with Crippen molar-refractivity contribution in [3.05, 3.63) is 29.3 Å². The van der Waals surface area contributed by atoms with Gasteiger partial charge >= 0.3 is 5.97 Å². The molecule has 1 aliphatic heterocycles. The number of ether oxygens (including phenoxy) is 2. The van der Waals surface area contributed by atoms with Gasteiger partial charge in [-0.3, -0.25) is 9.59 Å². The monoisotopic (exact) mass is 263 g/mol. The zero-order valence-corrected chi connectivity index (χ0v) is 11.2. The van der Waals surface area contributed by atoms with E-state index in [4.69, 9.17) is 9.47 Å². The van der Waals surface area contributed by atoms with Crippen LogP contribution in [0.5, 0.6) is 5.75 Å². The van der Waals surface area contributed by atoms with Crippen LogP contribution in [0.2, 0.25) is 0 Å². The van der Waals surface area contributed by atoms with Crippen molar-refractivity contribution in [1.29, 1.82) is 0 Å². The number of methoxy groups -OCH3 is 2. The van der Waals surface area contributed by atoms with E-state index in [0.717, 1.165) is 16.9 Å². The molecule has 0 unspecified atom stereocenters. The third kappa shape index (κ3) is 2.41. The van der Waals surface area contributed by atoms with Crippen molar-refractivity contribution < 1.29 is 19.1 Å². The molecular weight excluding hydrogens is 246 g/mol. The number of aryl methyl sites for hydroxylation is 1. The number of amides is 1. The van der Waals surface area contributed by atoms with Gasteiger partial charge in [0.2, 0.25) is 5.91 Å². The third-order valence-corrected chi connectivity index (χ3v) is 3.51. The lowest BCUT2D eigenvalue weighted by Crippen LogP contribution is -2.28. The minimum atomic E-state index is -0.767. The summed E-state index contributed by atoms with van der Waals surface area (Å²) in [4.78, 5) is 23.5. The quantitative estimate of drug-likeness (QED) is 0.653. The van der Waals surface area contributed by atoms with Crippen LogP contribution in [0.25, 0.3) is 0 Å². The lowest BCUT2D eigenvalue weighted by molar-refractivity contribution is -0.149. The van der Waals surface area contributed by atoms with Crippen molar-refractivity contribution in [2.45, 2.75) is 12.8 Å². The molecule has 1 amide bonds. The van der Waals surface area contributed by atoms with E-state index >= 15 is 0 Å². The van der Waals surface area contributed by atoms with Gasteiger partial charge in [-0.1, -0.05) is 6.07 Å². The largest absolute Gasteiger partial charge is 0.497 e. The Kier molecular flexibility index (Phi) is 3.74. The Balaban J connectivity index is 2.35. The summed E-state index contributed by atoms with van der Waals surface area (Å²) in [5.74, 6) is -0.960. The van der Waals surface area contributed by atoms with E-state index in [0.29, 0.717) is 6.54 Å². The number of esters is 1. The smallest absolute Gasteiger partial charge is 0.318 e. The Morgan fingerprint density at radius 1 is 1.37 bits per heavy atom. The predicted octanol–water partition coefficient (Wildman–Crippen LogP) is 1.01. The lowest BCUT2D eigenvalue weighted by Gasteiger charge is -2.17. The second-order valence-corrected chi connectivity index (χ2v) is 4.57. The van der Waals surface area contributed by atoms with Gasteiger partial charge < -0.3 is 14.8 Å². The van der Waals surface area contributed by atoms with E-state index in [-0.39, 0.29) is 11.8 Å². The van der Waals surface area contributed by atoms with E-state index < -0.39 is 11.9 Å². The molecule has 1 fully saturated rings. The molecule has 19 heavy (non-hydrogen) atoms. The highest BCUT2D eigenvalue weighted by Gasteiger charge is 2.42. The van der Waals surface area contributed by atoms with Crippen molar-refractivity contribution in [3.8, 4) is 5.75 Å². The number of carbonyl (C=O) groups is 2. The van der Waals surface area contributed by atoms with Crippen LogP contribution in [0, 0.1) is 12.8 Å². The summed E-state index contributed by atoms with van der Waals surface area (Å²) in [5.41, 5.74) is 1.96. The predicted molar refractivity (Wildman–Crippen MR) is 69.0 cm³/mol. The van der Waals surface area contributed by atoms with Gasteiger partial charge in [-0.05, 0) is 30.2 Å². The first-order chi connectivity index (χ1) is 9.08. The van der Waals surface area contributed by atoms with E-state index in [2.05, 4.69) is 5.32 Å². The molecular formula is C14H17NO4. The summed E-state index contributed by atoms with van der Waals surface area (Å²) in [7, 11) is 2.90. The van der Waals surface area contributed by atoms with Crippen molar-refractivity contribution in [2.24, 2.45) is 5.92 Å². The fourth-order valence-electron chi connectivity index (χ4n) is 2.50. The molecule has 1 aromatic carbocycles. The van der Waals surface area contributed by atoms with Gasteiger partial charge in [0.05, 0.1) is 14.2 Å². The summed E-state index contributed by atoms with van der Waals surface area (Å²) in [6.45, 7) is 2.39. The first kappa shape index (κ1) is 13.4. The molecule has 2 rings (SSSR count). The number of carbonyl (C=O) groups excluding carboxylic acids is 2. The van der Waals surface area contributed by atoms with Crippen LogP contribution < -0.4 is 10.1 Å². The van der Waals surface area contributed by atoms with Gasteiger partial charge in [-0.2, -0.15) is 0 Å². The maximum Gasteiger partial charge on any atom is 0.318 e. The zero-order valence-electron chi connectivity index (χ0n) is 11.2. The number of hydrogen-bond donors (Lipinski definition) is 1. The summed E-state index contributed by atoms with van der Waals surface area (Å²) in [6, 6.07) is 5.63. The summed E-state index contributed by atoms with van der Waals surface area (Å²) < 4.78 is 9.87. The summed E-state index contributed by atoms with van der Waals surface area (Å²) >= 11 is 0. The molecule has 0 saturated carbocycles. The highest BCUT2D eigenvalue weighted by Crippen LogP contribution is 2.33. The van der Waals surface area contributed by atoms with Crippen molar-refractivity contribution >= 4 is 11.9 Å². The molecule has 0 spiro atoms. The number of rotatable bonds is 3. The normalized spacial score (nSPS) is 21.9. The maximum absolute atomic E-state index is 11.8. The minimum Gasteiger partial charge on any atom is -0.497 e. The van der Waals surface area contributed by atoms with E-state index in [1.807, 2.05) is 25.1 Å². The standard InChI is InChI=1S/C14H17NO4/c1-8-6-9(18-2)4-5-10(8)11-7-15-13(16)12(11)14(17)19-3/h4-6,11-12H,7H2,1-3H3,(H,15,16)/t11-,12-/m0/s1. The summed E-state index contributed by atoms with van der Waals surface area (Å²) in [5, 5.41) is 2.72. The second kappa shape index (κ2) is 5.30. The highest BCUT2D eigenvalue weighted by atomic mass is 16.5. The van der Waals surface area contributed by atoms with Gasteiger partial charge in [0.15, 0.2) is 0 Å². The molecule has 0 bridgehead atoms. The number of nitrogens with one attached hydrogen (secondary N) is 1. The van der Waals surface area contributed by atoms with Gasteiger partial charge in [0.1, 0.15) is 11.7 Å². The average molecular weight is 263 g/mol. The second-order valence-electron chi connectivity index (χ2n) is 4.57. The van der Waals surface area contributed by atoms with Gasteiger partial charge in [-0.25, -0.2) is 0 Å². The fraction of sp³-hybridized carbons (Fsp3) is 0.429. The van der Waals surface area contributed by atoms with Crippen molar-refractivity contribution in [1.82, 2.24) is 5.32 Å². The van der Waals surface area contributed by atoms with Crippen LogP contribution in [0.4, 0.5) is 0 Å². The zero-order chi connectivity index (χ0) is 14.0. The van der Waals surface area contributed by atoms with E-state index in [9.17, 15) is 9.59 Å². The Morgan fingerprint density at radius 3 is 2.68 bits per heavy atom. The number of hydrogen-bond acceptors (Lipinski definition) is 4. The van der Waals surface area contributed by atoms with Gasteiger partial charge in [0, 0.05) is 12.5 Å². The van der Waals surface area contributed by atoms with E-state index in [1.165, 1.54) is 7.11 Å². The van der Waals surface area contributed by atoms with Crippen LogP contribution in [0.1, 0.15) is 17.0 Å². The molecule has 1 heterocycles. The molecule has 1 aliphatic rings. The Bertz CT molecular complexity index is 512. The SMILES string of the molecule is COC(=O)[C@@H]1C(=O)NC[C@H]1c1ccc(OC)cc1C. The molecule has 2 atom stereocenters. The molecule has 0 radical (unpaired) electrons. The van der Waals surface area contributed by atoms with Gasteiger partial charge in [-0.15, -0.1) is 0 Å². The fourth-order valence-corrected chi connectivity index (χ4v) is 2.50. The Morgan fingerprint density at radius 2 is 2.11 bits per heavy atom. The summed E-state index contributed by atoms with van der Waals surface area (Å²) in [6.07, 6.45) is 0. The van der Waals surface area contributed by atoms with Crippen LogP contribution in [0.3, 0.4) is 0 Å². The number of benzene rings is 1. The average Bonchev–Trinajstić information content (AvgIpc) is 2.79. The van der Waals surface area contributed by atoms with Crippen LogP contribution in [0.15, 0.2) is 18.2 Å². The topological polar surface area (TPSA) is 64.6 Å². The molecule has 5 nitrogen and oxygen atoms in total. The highest BCUT2D eigenvalue weighted by molar-refractivity contribution is 6.00. The molecule has 0 aromatic heterocycles. The lowest BCUT2D eigenvalue weighted by atomic mass is 9.86. The van der Waals surface area contributed by atoms with E-state index in [1.54, 1.807) is 7.11 Å². The maximum atomic E-state index is 11.8. The third-order valence-electron chi connectivity index (χ3n) is 3.51. The molecule has 102 valence electrons. The molecule has 0 aliphatic carbocycles. The molecule has 1 aromatic rings. The molecule has 1 saturated heterocycles. The van der Waals surface area contributed by atoms with Crippen LogP contribution >= 0.6 is 0 Å². The molecule has 1 N–H and O–H groups in total. The van der Waals surface area contributed by atoms with Crippen LogP contribution in [-0.2, 0) is 14.3 Å². The first-order valence-corrected chi connectivity index (χ1v) is 6.08. The Hall–Kier alpha value is -2.04. The van der Waals surface area contributed by atoms with Gasteiger partial charge in [0.25, 0.3) is 0 Å². The minimum absolute atomic E-state index is 0.189. The van der Waals surface area contributed by atoms with Crippen LogP contribution in [-0.4, -0.2) is 32.6 Å². The first-order valence-electron chi connectivity index (χ1n) is 6.08. The van der Waals surface area contributed by atoms with Crippen molar-refractivity contribution in [3.63, 3.8) is 0 Å². The Labute approximate surface area is 111 Å². The van der Waals surface area contributed by atoms with Crippen molar-refractivity contribution in [2.75, 3.05) is 20.8 Å². The molecule has 5 heteroatoms.